The fourth-order valence-corrected chi connectivity index (χ4v) is 3.57. The van der Waals surface area contributed by atoms with E-state index in [-0.39, 0.29) is 12.1 Å². The molecule has 0 aromatic carbocycles. The summed E-state index contributed by atoms with van der Waals surface area (Å²) in [6.07, 6.45) is 3.32. The maximum Gasteiger partial charge on any atom is 0.317 e. The Morgan fingerprint density at radius 3 is 2.61 bits per heavy atom. The SMILES string of the molecule is Cc1cc(N2CCN(C(=O)N[C@H](C)c3cnn(C)c3C)CC2)n2ncnc2n1. The summed E-state index contributed by atoms with van der Waals surface area (Å²) < 4.78 is 3.56. The van der Waals surface area contributed by atoms with Crippen molar-refractivity contribution in [3.05, 3.63) is 35.5 Å². The molecule has 0 aliphatic carbocycles. The zero-order chi connectivity index (χ0) is 19.8. The van der Waals surface area contributed by atoms with E-state index >= 15 is 0 Å². The second kappa shape index (κ2) is 7.10. The molecule has 1 saturated heterocycles. The second-order valence-corrected chi connectivity index (χ2v) is 7.18. The Kier molecular flexibility index (Phi) is 4.62. The predicted octanol–water partition coefficient (Wildman–Crippen LogP) is 1.07. The highest BCUT2D eigenvalue weighted by Crippen LogP contribution is 2.19. The molecule has 1 atom stereocenters. The van der Waals surface area contributed by atoms with Crippen molar-refractivity contribution in [3.8, 4) is 0 Å². The summed E-state index contributed by atoms with van der Waals surface area (Å²) in [6.45, 7) is 8.68. The molecule has 1 N–H and O–H groups in total. The summed E-state index contributed by atoms with van der Waals surface area (Å²) >= 11 is 0. The molecule has 4 heterocycles. The highest BCUT2D eigenvalue weighted by Gasteiger charge is 2.25. The number of nitrogens with zero attached hydrogens (tertiary/aromatic N) is 8. The van der Waals surface area contributed by atoms with Gasteiger partial charge in [-0.2, -0.15) is 19.7 Å². The van der Waals surface area contributed by atoms with Crippen molar-refractivity contribution in [3.63, 3.8) is 0 Å². The average molecular weight is 383 g/mol. The fraction of sp³-hybridized carbons (Fsp3) is 0.500. The molecule has 0 saturated carbocycles. The largest absolute Gasteiger partial charge is 0.353 e. The molecule has 4 rings (SSSR count). The molecule has 0 bridgehead atoms. The van der Waals surface area contributed by atoms with E-state index in [0.717, 1.165) is 35.9 Å². The molecule has 148 valence electrons. The Labute approximate surface area is 163 Å². The van der Waals surface area contributed by atoms with Crippen molar-refractivity contribution in [1.82, 2.24) is 39.6 Å². The number of aryl methyl sites for hydroxylation is 2. The van der Waals surface area contributed by atoms with Crippen LogP contribution in [0.5, 0.6) is 0 Å². The van der Waals surface area contributed by atoms with E-state index in [1.165, 1.54) is 6.33 Å². The number of fused-ring (bicyclic) bond motifs is 1. The Morgan fingerprint density at radius 2 is 1.93 bits per heavy atom. The van der Waals surface area contributed by atoms with Crippen LogP contribution in [-0.4, -0.2) is 66.5 Å². The van der Waals surface area contributed by atoms with E-state index in [1.807, 2.05) is 49.7 Å². The van der Waals surface area contributed by atoms with Gasteiger partial charge >= 0.3 is 6.03 Å². The first-order valence-electron chi connectivity index (χ1n) is 9.40. The molecule has 10 nitrogen and oxygen atoms in total. The minimum atomic E-state index is -0.0862. The Hall–Kier alpha value is -3.17. The van der Waals surface area contributed by atoms with Crippen LogP contribution < -0.4 is 10.2 Å². The number of urea groups is 1. The van der Waals surface area contributed by atoms with Gasteiger partial charge in [0.25, 0.3) is 5.78 Å². The molecule has 2 amide bonds. The number of carbonyl (C=O) groups is 1. The van der Waals surface area contributed by atoms with Gasteiger partial charge in [-0.25, -0.2) is 9.78 Å². The summed E-state index contributed by atoms with van der Waals surface area (Å²) in [7, 11) is 1.90. The quantitative estimate of drug-likeness (QED) is 0.727. The molecule has 0 radical (unpaired) electrons. The highest BCUT2D eigenvalue weighted by molar-refractivity contribution is 5.75. The summed E-state index contributed by atoms with van der Waals surface area (Å²) in [6, 6.07) is 1.87. The van der Waals surface area contributed by atoms with E-state index in [9.17, 15) is 4.79 Å². The maximum absolute atomic E-state index is 12.7. The number of carbonyl (C=O) groups excluding carboxylic acids is 1. The van der Waals surface area contributed by atoms with E-state index < -0.39 is 0 Å². The topological polar surface area (TPSA) is 96.5 Å². The third-order valence-corrected chi connectivity index (χ3v) is 5.33. The molecule has 3 aromatic heterocycles. The van der Waals surface area contributed by atoms with E-state index in [4.69, 9.17) is 0 Å². The van der Waals surface area contributed by atoms with Gasteiger partial charge in [0.2, 0.25) is 0 Å². The first-order chi connectivity index (χ1) is 13.4. The van der Waals surface area contributed by atoms with Gasteiger partial charge in [-0.05, 0) is 20.8 Å². The standard InChI is InChI=1S/C18H25N9O/c1-12-9-16(27-17(22-12)19-11-21-27)25-5-7-26(8-6-25)18(28)23-13(2)15-10-20-24(4)14(15)3/h9-11,13H,5-8H2,1-4H3,(H,23,28)/t13-/m1/s1. The number of nitrogens with one attached hydrogen (secondary N) is 1. The summed E-state index contributed by atoms with van der Waals surface area (Å²) in [5.41, 5.74) is 2.99. The smallest absolute Gasteiger partial charge is 0.317 e. The lowest BCUT2D eigenvalue weighted by molar-refractivity contribution is 0.191. The summed E-state index contributed by atoms with van der Waals surface area (Å²) in [5.74, 6) is 1.55. The van der Waals surface area contributed by atoms with Crippen LogP contribution in [0.15, 0.2) is 18.6 Å². The van der Waals surface area contributed by atoms with Crippen molar-refractivity contribution in [2.75, 3.05) is 31.1 Å². The molecular weight excluding hydrogens is 358 g/mol. The van der Waals surface area contributed by atoms with Crippen molar-refractivity contribution in [1.29, 1.82) is 0 Å². The lowest BCUT2D eigenvalue weighted by atomic mass is 10.1. The van der Waals surface area contributed by atoms with Crippen LogP contribution in [0, 0.1) is 13.8 Å². The third kappa shape index (κ3) is 3.25. The average Bonchev–Trinajstić information content (AvgIpc) is 3.28. The van der Waals surface area contributed by atoms with Crippen LogP contribution in [-0.2, 0) is 7.05 Å². The minimum Gasteiger partial charge on any atom is -0.353 e. The van der Waals surface area contributed by atoms with Crippen LogP contribution >= 0.6 is 0 Å². The highest BCUT2D eigenvalue weighted by atomic mass is 16.2. The molecule has 0 spiro atoms. The van der Waals surface area contributed by atoms with Crippen molar-refractivity contribution < 1.29 is 4.79 Å². The predicted molar refractivity (Wildman–Crippen MR) is 104 cm³/mol. The van der Waals surface area contributed by atoms with Gasteiger partial charge in [0.1, 0.15) is 12.1 Å². The summed E-state index contributed by atoms with van der Waals surface area (Å²) in [4.78, 5) is 25.3. The van der Waals surface area contributed by atoms with Crippen molar-refractivity contribution in [2.24, 2.45) is 7.05 Å². The first-order valence-corrected chi connectivity index (χ1v) is 9.40. The number of amides is 2. The number of hydrogen-bond donors (Lipinski definition) is 1. The van der Waals surface area contributed by atoms with Crippen LogP contribution in [0.3, 0.4) is 0 Å². The lowest BCUT2D eigenvalue weighted by Crippen LogP contribution is -2.52. The normalized spacial score (nSPS) is 15.9. The van der Waals surface area contributed by atoms with Gasteiger partial charge < -0.3 is 15.1 Å². The van der Waals surface area contributed by atoms with Crippen LogP contribution in [0.2, 0.25) is 0 Å². The maximum atomic E-state index is 12.7. The van der Waals surface area contributed by atoms with E-state index in [2.05, 4.69) is 30.4 Å². The monoisotopic (exact) mass is 383 g/mol. The zero-order valence-corrected chi connectivity index (χ0v) is 16.6. The second-order valence-electron chi connectivity index (χ2n) is 7.18. The molecule has 28 heavy (non-hydrogen) atoms. The molecule has 0 unspecified atom stereocenters. The number of piperazine rings is 1. The Bertz CT molecular complexity index is 1000. The molecular formula is C18H25N9O. The van der Waals surface area contributed by atoms with Crippen molar-refractivity contribution in [2.45, 2.75) is 26.8 Å². The summed E-state index contributed by atoms with van der Waals surface area (Å²) in [5, 5.41) is 11.6. The van der Waals surface area contributed by atoms with Gasteiger partial charge in [-0.15, -0.1) is 0 Å². The lowest BCUT2D eigenvalue weighted by Gasteiger charge is -2.36. The Balaban J connectivity index is 1.40. The van der Waals surface area contributed by atoms with E-state index in [1.54, 1.807) is 4.52 Å². The van der Waals surface area contributed by atoms with Gasteiger partial charge in [-0.3, -0.25) is 4.68 Å². The number of hydrogen-bond acceptors (Lipinski definition) is 6. The first kappa shape index (κ1) is 18.2. The van der Waals surface area contributed by atoms with Crippen LogP contribution in [0.1, 0.15) is 29.9 Å². The zero-order valence-electron chi connectivity index (χ0n) is 16.6. The van der Waals surface area contributed by atoms with Gasteiger partial charge in [0, 0.05) is 56.2 Å². The molecule has 1 aliphatic heterocycles. The third-order valence-electron chi connectivity index (χ3n) is 5.33. The van der Waals surface area contributed by atoms with Crippen LogP contribution in [0.25, 0.3) is 5.78 Å². The minimum absolute atomic E-state index is 0.0489. The molecule has 10 heteroatoms. The van der Waals surface area contributed by atoms with Crippen LogP contribution in [0.4, 0.5) is 10.6 Å². The van der Waals surface area contributed by atoms with Gasteiger partial charge in [-0.1, -0.05) is 0 Å². The molecule has 1 aliphatic rings. The van der Waals surface area contributed by atoms with E-state index in [0.29, 0.717) is 18.9 Å². The van der Waals surface area contributed by atoms with Crippen molar-refractivity contribution >= 4 is 17.6 Å². The number of aromatic nitrogens is 6. The number of anilines is 1. The molecule has 1 fully saturated rings. The Morgan fingerprint density at radius 1 is 1.18 bits per heavy atom. The number of rotatable bonds is 3. The van der Waals surface area contributed by atoms with Gasteiger partial charge in [0.15, 0.2) is 0 Å². The fourth-order valence-electron chi connectivity index (χ4n) is 3.57. The molecule has 3 aromatic rings. The van der Waals surface area contributed by atoms with Gasteiger partial charge in [0.05, 0.1) is 12.2 Å².